The normalized spacial score (nSPS) is 21.4. The SMILES string of the molecule is Cc1cc(O)cc(C)c1[C@@H]1CCCN1. The predicted octanol–water partition coefficient (Wildman–Crippen LogP) is 2.43. The van der Waals surface area contributed by atoms with Gasteiger partial charge in [-0.3, -0.25) is 0 Å². The van der Waals surface area contributed by atoms with Gasteiger partial charge in [0.25, 0.3) is 0 Å². The van der Waals surface area contributed by atoms with E-state index >= 15 is 0 Å². The zero-order valence-electron chi connectivity index (χ0n) is 8.80. The van der Waals surface area contributed by atoms with Crippen LogP contribution in [0.4, 0.5) is 0 Å². The molecule has 1 saturated heterocycles. The largest absolute Gasteiger partial charge is 0.508 e. The standard InChI is InChI=1S/C12H17NO/c1-8-6-10(14)7-9(2)12(8)11-4-3-5-13-11/h6-7,11,13-14H,3-5H2,1-2H3/t11-/m0/s1. The summed E-state index contributed by atoms with van der Waals surface area (Å²) in [5, 5.41) is 12.9. The third-order valence-corrected chi connectivity index (χ3v) is 2.99. The molecular formula is C12H17NO. The zero-order chi connectivity index (χ0) is 10.1. The minimum atomic E-state index is 0.377. The van der Waals surface area contributed by atoms with Crippen LogP contribution in [0.15, 0.2) is 12.1 Å². The molecule has 2 heteroatoms. The van der Waals surface area contributed by atoms with E-state index in [1.165, 1.54) is 29.5 Å². The van der Waals surface area contributed by atoms with Gasteiger partial charge in [-0.1, -0.05) is 0 Å². The Morgan fingerprint density at radius 3 is 2.43 bits per heavy atom. The molecule has 2 nitrogen and oxygen atoms in total. The molecule has 0 bridgehead atoms. The van der Waals surface area contributed by atoms with Crippen molar-refractivity contribution in [3.63, 3.8) is 0 Å². The van der Waals surface area contributed by atoms with Gasteiger partial charge < -0.3 is 10.4 Å². The summed E-state index contributed by atoms with van der Waals surface area (Å²) in [7, 11) is 0. The quantitative estimate of drug-likeness (QED) is 0.714. The molecule has 1 aromatic rings. The van der Waals surface area contributed by atoms with E-state index in [1.54, 1.807) is 0 Å². The van der Waals surface area contributed by atoms with Gasteiger partial charge in [0.2, 0.25) is 0 Å². The van der Waals surface area contributed by atoms with E-state index in [2.05, 4.69) is 19.2 Å². The average Bonchev–Trinajstić information content (AvgIpc) is 2.54. The molecule has 1 atom stereocenters. The fraction of sp³-hybridized carbons (Fsp3) is 0.500. The Kier molecular flexibility index (Phi) is 2.46. The number of rotatable bonds is 1. The van der Waals surface area contributed by atoms with E-state index in [9.17, 15) is 5.11 Å². The van der Waals surface area contributed by atoms with Crippen LogP contribution in [0, 0.1) is 13.8 Å². The first-order chi connectivity index (χ1) is 6.68. The number of aromatic hydroxyl groups is 1. The summed E-state index contributed by atoms with van der Waals surface area (Å²) in [5.74, 6) is 0.377. The smallest absolute Gasteiger partial charge is 0.116 e. The summed E-state index contributed by atoms with van der Waals surface area (Å²) in [4.78, 5) is 0. The summed E-state index contributed by atoms with van der Waals surface area (Å²) >= 11 is 0. The predicted molar refractivity (Wildman–Crippen MR) is 57.6 cm³/mol. The lowest BCUT2D eigenvalue weighted by Crippen LogP contribution is -2.15. The van der Waals surface area contributed by atoms with Crippen LogP contribution in [-0.2, 0) is 0 Å². The zero-order valence-corrected chi connectivity index (χ0v) is 8.80. The van der Waals surface area contributed by atoms with Crippen LogP contribution in [0.2, 0.25) is 0 Å². The molecule has 1 heterocycles. The Labute approximate surface area is 85.0 Å². The minimum Gasteiger partial charge on any atom is -0.508 e. The number of nitrogens with one attached hydrogen (secondary N) is 1. The number of benzene rings is 1. The minimum absolute atomic E-state index is 0.377. The van der Waals surface area contributed by atoms with Gasteiger partial charge in [-0.2, -0.15) is 0 Å². The highest BCUT2D eigenvalue weighted by Gasteiger charge is 2.19. The topological polar surface area (TPSA) is 32.3 Å². The molecule has 2 N–H and O–H groups in total. The molecule has 14 heavy (non-hydrogen) atoms. The molecule has 0 unspecified atom stereocenters. The van der Waals surface area contributed by atoms with Gasteiger partial charge in [0.05, 0.1) is 0 Å². The van der Waals surface area contributed by atoms with Crippen LogP contribution in [0.25, 0.3) is 0 Å². The van der Waals surface area contributed by atoms with Crippen molar-refractivity contribution in [3.05, 3.63) is 28.8 Å². The van der Waals surface area contributed by atoms with Crippen LogP contribution in [-0.4, -0.2) is 11.7 Å². The highest BCUT2D eigenvalue weighted by molar-refractivity contribution is 5.42. The Bertz CT molecular complexity index is 317. The van der Waals surface area contributed by atoms with Crippen molar-refractivity contribution in [2.45, 2.75) is 32.7 Å². The van der Waals surface area contributed by atoms with E-state index < -0.39 is 0 Å². The molecule has 76 valence electrons. The van der Waals surface area contributed by atoms with Gasteiger partial charge in [0.15, 0.2) is 0 Å². The lowest BCUT2D eigenvalue weighted by atomic mass is 9.95. The van der Waals surface area contributed by atoms with Gasteiger partial charge in [-0.05, 0) is 62.1 Å². The molecular weight excluding hydrogens is 174 g/mol. The van der Waals surface area contributed by atoms with Crippen molar-refractivity contribution in [3.8, 4) is 5.75 Å². The molecule has 1 aromatic carbocycles. The first-order valence-electron chi connectivity index (χ1n) is 5.22. The maximum atomic E-state index is 9.44. The Morgan fingerprint density at radius 1 is 1.29 bits per heavy atom. The second kappa shape index (κ2) is 3.62. The van der Waals surface area contributed by atoms with Crippen LogP contribution in [0.3, 0.4) is 0 Å². The van der Waals surface area contributed by atoms with Crippen LogP contribution in [0.1, 0.15) is 35.6 Å². The first kappa shape index (κ1) is 9.53. The number of aryl methyl sites for hydroxylation is 2. The molecule has 2 rings (SSSR count). The van der Waals surface area contributed by atoms with Gasteiger partial charge in [0, 0.05) is 6.04 Å². The van der Waals surface area contributed by atoms with Crippen molar-refractivity contribution in [1.82, 2.24) is 5.32 Å². The molecule has 1 fully saturated rings. The van der Waals surface area contributed by atoms with Gasteiger partial charge in [0.1, 0.15) is 5.75 Å². The molecule has 0 aromatic heterocycles. The molecule has 1 aliphatic heterocycles. The lowest BCUT2D eigenvalue weighted by Gasteiger charge is -2.17. The monoisotopic (exact) mass is 191 g/mol. The Hall–Kier alpha value is -1.02. The van der Waals surface area contributed by atoms with Crippen LogP contribution >= 0.6 is 0 Å². The van der Waals surface area contributed by atoms with Gasteiger partial charge in [-0.25, -0.2) is 0 Å². The van der Waals surface area contributed by atoms with E-state index in [1.807, 2.05) is 12.1 Å². The van der Waals surface area contributed by atoms with Crippen molar-refractivity contribution < 1.29 is 5.11 Å². The van der Waals surface area contributed by atoms with Crippen molar-refractivity contribution >= 4 is 0 Å². The summed E-state index contributed by atoms with van der Waals surface area (Å²) in [6.45, 7) is 5.26. The molecule has 0 radical (unpaired) electrons. The van der Waals surface area contributed by atoms with Gasteiger partial charge in [-0.15, -0.1) is 0 Å². The average molecular weight is 191 g/mol. The van der Waals surface area contributed by atoms with Gasteiger partial charge >= 0.3 is 0 Å². The summed E-state index contributed by atoms with van der Waals surface area (Å²) in [5.41, 5.74) is 3.77. The fourth-order valence-corrected chi connectivity index (χ4v) is 2.43. The van der Waals surface area contributed by atoms with E-state index in [-0.39, 0.29) is 0 Å². The molecule has 0 saturated carbocycles. The molecule has 0 spiro atoms. The number of hydrogen-bond acceptors (Lipinski definition) is 2. The number of phenolic OH excluding ortho intramolecular Hbond substituents is 1. The Morgan fingerprint density at radius 2 is 1.93 bits per heavy atom. The summed E-state index contributed by atoms with van der Waals surface area (Å²) < 4.78 is 0. The second-order valence-corrected chi connectivity index (χ2v) is 4.14. The first-order valence-corrected chi connectivity index (χ1v) is 5.22. The van der Waals surface area contributed by atoms with E-state index in [4.69, 9.17) is 0 Å². The third-order valence-electron chi connectivity index (χ3n) is 2.99. The summed E-state index contributed by atoms with van der Waals surface area (Å²) in [6, 6.07) is 4.19. The molecule has 1 aliphatic rings. The van der Waals surface area contributed by atoms with Crippen LogP contribution < -0.4 is 5.32 Å². The summed E-state index contributed by atoms with van der Waals surface area (Å²) in [6.07, 6.45) is 2.47. The number of hydrogen-bond donors (Lipinski definition) is 2. The maximum Gasteiger partial charge on any atom is 0.116 e. The van der Waals surface area contributed by atoms with Crippen LogP contribution in [0.5, 0.6) is 5.75 Å². The van der Waals surface area contributed by atoms with Crippen molar-refractivity contribution in [2.75, 3.05) is 6.54 Å². The van der Waals surface area contributed by atoms with E-state index in [0.717, 1.165) is 6.54 Å². The fourth-order valence-electron chi connectivity index (χ4n) is 2.43. The maximum absolute atomic E-state index is 9.44. The second-order valence-electron chi connectivity index (χ2n) is 4.14. The number of phenols is 1. The Balaban J connectivity index is 2.40. The third kappa shape index (κ3) is 1.62. The highest BCUT2D eigenvalue weighted by Crippen LogP contribution is 2.30. The highest BCUT2D eigenvalue weighted by atomic mass is 16.3. The lowest BCUT2D eigenvalue weighted by molar-refractivity contribution is 0.473. The molecule has 0 aliphatic carbocycles. The van der Waals surface area contributed by atoms with Crippen molar-refractivity contribution in [1.29, 1.82) is 0 Å². The van der Waals surface area contributed by atoms with E-state index in [0.29, 0.717) is 11.8 Å². The molecule has 0 amide bonds. The van der Waals surface area contributed by atoms with Crippen molar-refractivity contribution in [2.24, 2.45) is 0 Å².